The van der Waals surface area contributed by atoms with Gasteiger partial charge in [-0.05, 0) is 19.1 Å². The number of halogens is 3. The highest BCUT2D eigenvalue weighted by Gasteiger charge is 2.57. The van der Waals surface area contributed by atoms with Crippen LogP contribution >= 0.6 is 0 Å². The lowest BCUT2D eigenvalue weighted by atomic mass is 9.83. The van der Waals surface area contributed by atoms with E-state index in [0.717, 1.165) is 11.6 Å². The molecule has 1 atom stereocenters. The maximum absolute atomic E-state index is 13.0. The molecule has 1 unspecified atom stereocenters. The van der Waals surface area contributed by atoms with Gasteiger partial charge in [0.05, 0.1) is 0 Å². The Morgan fingerprint density at radius 2 is 1.96 bits per heavy atom. The number of hydrogen-bond acceptors (Lipinski definition) is 2. The summed E-state index contributed by atoms with van der Waals surface area (Å²) in [6, 6.07) is 5.18. The van der Waals surface area contributed by atoms with Crippen LogP contribution in [0.15, 0.2) is 30.4 Å². The van der Waals surface area contributed by atoms with Crippen LogP contribution in [0.5, 0.6) is 0 Å². The molecule has 0 aromatic heterocycles. The second-order valence-corrected chi connectivity index (χ2v) is 5.89. The second kappa shape index (κ2) is 4.84. The van der Waals surface area contributed by atoms with Gasteiger partial charge in [0, 0.05) is 24.7 Å². The highest BCUT2D eigenvalue weighted by atomic mass is 19.4. The minimum atomic E-state index is -4.58. The third-order valence-electron chi connectivity index (χ3n) is 4.36. The van der Waals surface area contributed by atoms with Crippen LogP contribution < -0.4 is 4.90 Å². The predicted octanol–water partition coefficient (Wildman–Crippen LogP) is 2.52. The molecule has 0 saturated heterocycles. The molecular weight excluding hydrogens is 309 g/mol. The normalized spacial score (nSPS) is 23.9. The Labute approximate surface area is 131 Å². The first-order valence-electron chi connectivity index (χ1n) is 7.11. The van der Waals surface area contributed by atoms with Crippen LogP contribution in [-0.2, 0) is 15.1 Å². The van der Waals surface area contributed by atoms with E-state index in [4.69, 9.17) is 0 Å². The number of hydrogen-bond donors (Lipinski definition) is 0. The standard InChI is InChI=1S/C16H15F3N2O2/c1-10-5-6-12-11(8-10)15(14(23)20(12)2)7-3-4-13(22)21(15)9-16(17,18)19/h3-6,8H,7,9H2,1-2H3. The van der Waals surface area contributed by atoms with Crippen molar-refractivity contribution in [2.45, 2.75) is 25.1 Å². The zero-order valence-corrected chi connectivity index (χ0v) is 12.6. The molecule has 3 rings (SSSR count). The Morgan fingerprint density at radius 1 is 1.26 bits per heavy atom. The first kappa shape index (κ1) is 15.6. The molecule has 122 valence electrons. The van der Waals surface area contributed by atoms with E-state index in [1.54, 1.807) is 25.1 Å². The number of carbonyl (C=O) groups excluding carboxylic acids is 2. The van der Waals surface area contributed by atoms with Crippen LogP contribution in [0.1, 0.15) is 17.5 Å². The van der Waals surface area contributed by atoms with E-state index in [1.807, 2.05) is 0 Å². The number of rotatable bonds is 1. The Hall–Kier alpha value is -2.31. The summed E-state index contributed by atoms with van der Waals surface area (Å²) < 4.78 is 39.0. The van der Waals surface area contributed by atoms with E-state index in [1.165, 1.54) is 18.0 Å². The van der Waals surface area contributed by atoms with Crippen molar-refractivity contribution in [1.29, 1.82) is 0 Å². The monoisotopic (exact) mass is 324 g/mol. The zero-order chi connectivity index (χ0) is 17.0. The molecule has 7 heteroatoms. The van der Waals surface area contributed by atoms with Gasteiger partial charge in [-0.2, -0.15) is 13.2 Å². The molecule has 23 heavy (non-hydrogen) atoms. The molecule has 1 aromatic carbocycles. The number of fused-ring (bicyclic) bond motifs is 2. The van der Waals surface area contributed by atoms with Crippen LogP contribution in [0.3, 0.4) is 0 Å². The molecular formula is C16H15F3N2O2. The molecule has 2 aliphatic heterocycles. The number of nitrogens with zero attached hydrogens (tertiary/aromatic N) is 2. The van der Waals surface area contributed by atoms with Crippen molar-refractivity contribution in [3.63, 3.8) is 0 Å². The van der Waals surface area contributed by atoms with E-state index in [-0.39, 0.29) is 6.42 Å². The lowest BCUT2D eigenvalue weighted by Crippen LogP contribution is -2.58. The van der Waals surface area contributed by atoms with Crippen molar-refractivity contribution in [3.05, 3.63) is 41.5 Å². The smallest absolute Gasteiger partial charge is 0.313 e. The van der Waals surface area contributed by atoms with Crippen molar-refractivity contribution in [3.8, 4) is 0 Å². The average molecular weight is 324 g/mol. The lowest BCUT2D eigenvalue weighted by molar-refractivity contribution is -0.174. The molecule has 0 radical (unpaired) electrons. The SMILES string of the molecule is Cc1ccc2c(c1)C1(CC=CC(=O)N1CC(F)(F)F)C(=O)N2C. The van der Waals surface area contributed by atoms with Gasteiger partial charge in [0.2, 0.25) is 5.91 Å². The molecule has 1 aromatic rings. The first-order chi connectivity index (χ1) is 10.7. The Kier molecular flexibility index (Phi) is 3.28. The number of alkyl halides is 3. The van der Waals surface area contributed by atoms with Crippen molar-refractivity contribution >= 4 is 17.5 Å². The summed E-state index contributed by atoms with van der Waals surface area (Å²) in [5, 5.41) is 0. The van der Waals surface area contributed by atoms with E-state index < -0.39 is 30.1 Å². The third kappa shape index (κ3) is 2.22. The van der Waals surface area contributed by atoms with Crippen LogP contribution in [0, 0.1) is 6.92 Å². The van der Waals surface area contributed by atoms with Crippen molar-refractivity contribution in [2.24, 2.45) is 0 Å². The largest absolute Gasteiger partial charge is 0.406 e. The number of benzene rings is 1. The topological polar surface area (TPSA) is 40.6 Å². The molecule has 4 nitrogen and oxygen atoms in total. The lowest BCUT2D eigenvalue weighted by Gasteiger charge is -2.41. The summed E-state index contributed by atoms with van der Waals surface area (Å²) in [6.07, 6.45) is -1.98. The van der Waals surface area contributed by atoms with Gasteiger partial charge in [0.15, 0.2) is 5.54 Å². The van der Waals surface area contributed by atoms with E-state index in [0.29, 0.717) is 16.2 Å². The molecule has 0 N–H and O–H groups in total. The van der Waals surface area contributed by atoms with Gasteiger partial charge in [0.1, 0.15) is 6.54 Å². The molecule has 1 spiro atoms. The summed E-state index contributed by atoms with van der Waals surface area (Å²) in [7, 11) is 1.51. The highest BCUT2D eigenvalue weighted by Crippen LogP contribution is 2.48. The summed E-state index contributed by atoms with van der Waals surface area (Å²) in [5.41, 5.74) is 0.195. The minimum Gasteiger partial charge on any atom is -0.313 e. The molecule has 0 saturated carbocycles. The van der Waals surface area contributed by atoms with Crippen LogP contribution in [0.2, 0.25) is 0 Å². The summed E-state index contributed by atoms with van der Waals surface area (Å²) >= 11 is 0. The maximum atomic E-state index is 13.0. The number of amides is 2. The van der Waals surface area contributed by atoms with E-state index in [9.17, 15) is 22.8 Å². The second-order valence-electron chi connectivity index (χ2n) is 5.89. The van der Waals surface area contributed by atoms with Gasteiger partial charge in [-0.1, -0.05) is 23.8 Å². The summed E-state index contributed by atoms with van der Waals surface area (Å²) in [6.45, 7) is 0.342. The third-order valence-corrected chi connectivity index (χ3v) is 4.36. The van der Waals surface area contributed by atoms with Gasteiger partial charge >= 0.3 is 6.18 Å². The van der Waals surface area contributed by atoms with Crippen LogP contribution in [0.4, 0.5) is 18.9 Å². The number of anilines is 1. The number of likely N-dealkylation sites (N-methyl/N-ethyl adjacent to an activating group) is 1. The minimum absolute atomic E-state index is 0.0362. The summed E-state index contributed by atoms with van der Waals surface area (Å²) in [4.78, 5) is 26.9. The van der Waals surface area contributed by atoms with Crippen molar-refractivity contribution < 1.29 is 22.8 Å². The molecule has 0 aliphatic carbocycles. The van der Waals surface area contributed by atoms with Crippen molar-refractivity contribution in [1.82, 2.24) is 4.90 Å². The highest BCUT2D eigenvalue weighted by molar-refractivity contribution is 6.10. The predicted molar refractivity (Wildman–Crippen MR) is 77.8 cm³/mol. The molecule has 0 fully saturated rings. The summed E-state index contributed by atoms with van der Waals surface area (Å²) in [5.74, 6) is -1.32. The van der Waals surface area contributed by atoms with Gasteiger partial charge < -0.3 is 9.80 Å². The fourth-order valence-electron chi connectivity index (χ4n) is 3.34. The molecule has 2 amide bonds. The quantitative estimate of drug-likeness (QED) is 0.796. The fraction of sp³-hybridized carbons (Fsp3) is 0.375. The average Bonchev–Trinajstić information content (AvgIpc) is 2.65. The van der Waals surface area contributed by atoms with Crippen LogP contribution in [-0.4, -0.2) is 36.5 Å². The zero-order valence-electron chi connectivity index (χ0n) is 12.6. The number of aryl methyl sites for hydroxylation is 1. The molecule has 2 heterocycles. The first-order valence-corrected chi connectivity index (χ1v) is 7.11. The number of carbonyl (C=O) groups is 2. The van der Waals surface area contributed by atoms with Crippen LogP contribution in [0.25, 0.3) is 0 Å². The molecule has 0 bridgehead atoms. The molecule has 2 aliphatic rings. The Bertz CT molecular complexity index is 727. The Morgan fingerprint density at radius 3 is 2.61 bits per heavy atom. The van der Waals surface area contributed by atoms with Gasteiger partial charge in [-0.25, -0.2) is 0 Å². The van der Waals surface area contributed by atoms with Gasteiger partial charge in [0.25, 0.3) is 5.91 Å². The van der Waals surface area contributed by atoms with Gasteiger partial charge in [-0.3, -0.25) is 9.59 Å². The van der Waals surface area contributed by atoms with Gasteiger partial charge in [-0.15, -0.1) is 0 Å². The van der Waals surface area contributed by atoms with E-state index >= 15 is 0 Å². The maximum Gasteiger partial charge on any atom is 0.406 e. The Balaban J connectivity index is 2.22. The van der Waals surface area contributed by atoms with E-state index in [2.05, 4.69) is 0 Å². The fourth-order valence-corrected chi connectivity index (χ4v) is 3.34. The van der Waals surface area contributed by atoms with Crippen molar-refractivity contribution in [2.75, 3.05) is 18.5 Å².